The summed E-state index contributed by atoms with van der Waals surface area (Å²) in [5.41, 5.74) is 1.93. The zero-order valence-electron chi connectivity index (χ0n) is 13.1. The third-order valence-corrected chi connectivity index (χ3v) is 4.22. The fourth-order valence-corrected chi connectivity index (χ4v) is 2.71. The van der Waals surface area contributed by atoms with E-state index in [-0.39, 0.29) is 4.90 Å². The molecule has 0 bridgehead atoms. The summed E-state index contributed by atoms with van der Waals surface area (Å²) in [6.45, 7) is 0. The molecule has 0 aliphatic carbocycles. The van der Waals surface area contributed by atoms with Crippen molar-refractivity contribution in [1.29, 1.82) is 0 Å². The second kappa shape index (κ2) is 7.25. The van der Waals surface area contributed by atoms with Crippen molar-refractivity contribution in [3.63, 3.8) is 0 Å². The lowest BCUT2D eigenvalue weighted by Gasteiger charge is -2.17. The fraction of sp³-hybridized carbons (Fsp3) is 0. The molecule has 1 N–H and O–H groups in total. The van der Waals surface area contributed by atoms with Crippen LogP contribution in [0.2, 0.25) is 0 Å². The number of hydrogen-bond donors (Lipinski definition) is 1. The molecule has 0 atom stereocenters. The Hall–Kier alpha value is -3.03. The van der Waals surface area contributed by atoms with Crippen LogP contribution in [0.4, 0.5) is 17.1 Å². The number of para-hydroxylation sites is 2. The summed E-state index contributed by atoms with van der Waals surface area (Å²) < 4.78 is 31.6. The minimum absolute atomic E-state index is 0.227. The largest absolute Gasteiger partial charge is 0.294 e. The summed E-state index contributed by atoms with van der Waals surface area (Å²) in [5.74, 6) is 0. The molecule has 0 unspecified atom stereocenters. The van der Waals surface area contributed by atoms with Gasteiger partial charge < -0.3 is 0 Å². The maximum absolute atomic E-state index is 11.2. The summed E-state index contributed by atoms with van der Waals surface area (Å²) in [5, 5.41) is 9.99. The molecule has 0 aliphatic heterocycles. The van der Waals surface area contributed by atoms with E-state index in [1.165, 1.54) is 18.2 Å². The number of benzene rings is 3. The van der Waals surface area contributed by atoms with Gasteiger partial charge in [0.05, 0.1) is 22.0 Å². The van der Waals surface area contributed by atoms with Gasteiger partial charge in [0.2, 0.25) is 0 Å². The van der Waals surface area contributed by atoms with Crippen LogP contribution in [0.25, 0.3) is 0 Å². The second-order valence-corrected chi connectivity index (χ2v) is 6.57. The van der Waals surface area contributed by atoms with Gasteiger partial charge in [-0.3, -0.25) is 4.55 Å². The predicted octanol–water partition coefficient (Wildman–Crippen LogP) is 4.77. The Morgan fingerprint density at radius 1 is 0.760 bits per heavy atom. The molecule has 0 spiro atoms. The Bertz CT molecular complexity index is 935. The quantitative estimate of drug-likeness (QED) is 0.407. The Kier molecular flexibility index (Phi) is 4.87. The van der Waals surface area contributed by atoms with Gasteiger partial charge >= 0.3 is 0 Å². The van der Waals surface area contributed by atoms with E-state index >= 15 is 0 Å². The Morgan fingerprint density at radius 2 is 1.32 bits per heavy atom. The van der Waals surface area contributed by atoms with Crippen LogP contribution in [0.1, 0.15) is 0 Å². The van der Waals surface area contributed by atoms with Gasteiger partial charge in [-0.25, -0.2) is 5.01 Å². The highest BCUT2D eigenvalue weighted by atomic mass is 32.2. The minimum Gasteiger partial charge on any atom is -0.282 e. The van der Waals surface area contributed by atoms with Gasteiger partial charge in [0, 0.05) is 0 Å². The van der Waals surface area contributed by atoms with Gasteiger partial charge in [-0.2, -0.15) is 8.42 Å². The number of rotatable bonds is 5. The van der Waals surface area contributed by atoms with E-state index in [0.717, 1.165) is 11.4 Å². The van der Waals surface area contributed by atoms with E-state index < -0.39 is 10.1 Å². The first-order chi connectivity index (χ1) is 12.0. The molecule has 0 aliphatic rings. The summed E-state index contributed by atoms with van der Waals surface area (Å²) in [4.78, 5) is -0.227. The van der Waals surface area contributed by atoms with Gasteiger partial charge in [-0.05, 0) is 42.5 Å². The van der Waals surface area contributed by atoms with Crippen molar-refractivity contribution >= 4 is 27.2 Å². The van der Waals surface area contributed by atoms with Gasteiger partial charge in [0.15, 0.2) is 0 Å². The first kappa shape index (κ1) is 16.8. The third-order valence-electron chi connectivity index (χ3n) is 3.37. The van der Waals surface area contributed by atoms with Crippen LogP contribution in [0.15, 0.2) is 100 Å². The average Bonchev–Trinajstić information content (AvgIpc) is 2.63. The normalized spacial score (nSPS) is 11.6. The highest BCUT2D eigenvalue weighted by Crippen LogP contribution is 2.27. The average molecular weight is 353 g/mol. The van der Waals surface area contributed by atoms with Crippen molar-refractivity contribution in [3.8, 4) is 0 Å². The monoisotopic (exact) mass is 353 g/mol. The van der Waals surface area contributed by atoms with Gasteiger partial charge in [-0.15, -0.1) is 5.11 Å². The lowest BCUT2D eigenvalue weighted by Crippen LogP contribution is -2.07. The van der Waals surface area contributed by atoms with Crippen molar-refractivity contribution in [1.82, 2.24) is 0 Å². The van der Waals surface area contributed by atoms with Crippen molar-refractivity contribution in [2.24, 2.45) is 10.3 Å². The van der Waals surface area contributed by atoms with Crippen LogP contribution >= 0.6 is 0 Å². The number of hydrogen-bond acceptors (Lipinski definition) is 4. The second-order valence-electron chi connectivity index (χ2n) is 5.14. The Balaban J connectivity index is 1.98. The fourth-order valence-electron chi connectivity index (χ4n) is 2.19. The zero-order valence-corrected chi connectivity index (χ0v) is 13.9. The topological polar surface area (TPSA) is 82.3 Å². The molecule has 0 fully saturated rings. The van der Waals surface area contributed by atoms with E-state index in [2.05, 4.69) is 10.3 Å². The van der Waals surface area contributed by atoms with Crippen molar-refractivity contribution in [2.45, 2.75) is 4.90 Å². The summed E-state index contributed by atoms with van der Waals surface area (Å²) >= 11 is 0. The predicted molar refractivity (Wildman–Crippen MR) is 95.8 cm³/mol. The smallest absolute Gasteiger partial charge is 0.282 e. The molecule has 0 saturated carbocycles. The molecular weight excluding hydrogens is 338 g/mol. The molecule has 0 saturated heterocycles. The van der Waals surface area contributed by atoms with E-state index in [4.69, 9.17) is 4.55 Å². The molecule has 0 aromatic heterocycles. The van der Waals surface area contributed by atoms with Gasteiger partial charge in [0.25, 0.3) is 10.1 Å². The SMILES string of the molecule is O=S(=O)(O)c1cccc(N=NN(c2ccccc2)c2ccccc2)c1. The standard InChI is InChI=1S/C18H15N3O3S/c22-25(23,24)18-13-7-8-15(14-18)19-20-21(16-9-3-1-4-10-16)17-11-5-2-6-12-17/h1-14H,(H,22,23,24). The highest BCUT2D eigenvalue weighted by Gasteiger charge is 2.10. The molecule has 0 radical (unpaired) electrons. The molecule has 126 valence electrons. The number of anilines is 2. The molecule has 6 nitrogen and oxygen atoms in total. The van der Waals surface area contributed by atoms with E-state index in [1.807, 2.05) is 60.7 Å². The van der Waals surface area contributed by atoms with Crippen LogP contribution in [-0.4, -0.2) is 13.0 Å². The minimum atomic E-state index is -4.28. The molecule has 25 heavy (non-hydrogen) atoms. The van der Waals surface area contributed by atoms with Crippen molar-refractivity contribution in [2.75, 3.05) is 5.01 Å². The Morgan fingerprint density at radius 3 is 1.84 bits per heavy atom. The van der Waals surface area contributed by atoms with Crippen LogP contribution in [0.3, 0.4) is 0 Å². The van der Waals surface area contributed by atoms with Crippen molar-refractivity contribution in [3.05, 3.63) is 84.9 Å². The van der Waals surface area contributed by atoms with E-state index in [0.29, 0.717) is 5.69 Å². The molecule has 7 heteroatoms. The molecule has 0 heterocycles. The van der Waals surface area contributed by atoms with Gasteiger partial charge in [-0.1, -0.05) is 47.7 Å². The van der Waals surface area contributed by atoms with Gasteiger partial charge in [0.1, 0.15) is 0 Å². The zero-order chi connectivity index (χ0) is 17.7. The van der Waals surface area contributed by atoms with Crippen LogP contribution in [-0.2, 0) is 10.1 Å². The van der Waals surface area contributed by atoms with Crippen LogP contribution in [0, 0.1) is 0 Å². The molecule has 0 amide bonds. The summed E-state index contributed by atoms with van der Waals surface area (Å²) in [6, 6.07) is 24.6. The molecule has 3 aromatic rings. The maximum atomic E-state index is 11.2. The summed E-state index contributed by atoms with van der Waals surface area (Å²) in [6.07, 6.45) is 0. The van der Waals surface area contributed by atoms with Crippen LogP contribution in [0.5, 0.6) is 0 Å². The maximum Gasteiger partial charge on any atom is 0.294 e. The van der Waals surface area contributed by atoms with Crippen LogP contribution < -0.4 is 5.01 Å². The summed E-state index contributed by atoms with van der Waals surface area (Å²) in [7, 11) is -4.28. The highest BCUT2D eigenvalue weighted by molar-refractivity contribution is 7.85. The first-order valence-corrected chi connectivity index (χ1v) is 8.87. The van der Waals surface area contributed by atoms with E-state index in [1.54, 1.807) is 11.1 Å². The lowest BCUT2D eigenvalue weighted by atomic mass is 10.2. The lowest BCUT2D eigenvalue weighted by molar-refractivity contribution is 0.483. The Labute approximate surface area is 145 Å². The molecule has 3 aromatic carbocycles. The van der Waals surface area contributed by atoms with E-state index in [9.17, 15) is 8.42 Å². The molecule has 3 rings (SSSR count). The third kappa shape index (κ3) is 4.28. The number of nitrogens with zero attached hydrogens (tertiary/aromatic N) is 3. The van der Waals surface area contributed by atoms with Crippen molar-refractivity contribution < 1.29 is 13.0 Å². The molecular formula is C18H15N3O3S. The first-order valence-electron chi connectivity index (χ1n) is 7.43.